The second-order valence-corrected chi connectivity index (χ2v) is 2.69. The summed E-state index contributed by atoms with van der Waals surface area (Å²) >= 11 is 0. The third-order valence-corrected chi connectivity index (χ3v) is 1.78. The number of likely N-dealkylation sites (N-methyl/N-ethyl adjacent to an activating group) is 1. The van der Waals surface area contributed by atoms with Crippen LogP contribution in [0.3, 0.4) is 0 Å². The van der Waals surface area contributed by atoms with E-state index in [1.165, 1.54) is 5.57 Å². The first kappa shape index (κ1) is 9.66. The lowest BCUT2D eigenvalue weighted by Crippen LogP contribution is -2.32. The molecule has 0 aromatic rings. The van der Waals surface area contributed by atoms with Crippen LogP contribution >= 0.6 is 0 Å². The number of aliphatic hydroxyl groups is 1. The van der Waals surface area contributed by atoms with Crippen LogP contribution in [0.4, 0.5) is 0 Å². The zero-order valence-electron chi connectivity index (χ0n) is 7.26. The maximum absolute atomic E-state index is 8.92. The van der Waals surface area contributed by atoms with Crippen molar-refractivity contribution in [2.45, 2.75) is 19.9 Å². The fraction of sp³-hybridized carbons (Fsp3) is 0.750. The zero-order valence-corrected chi connectivity index (χ0v) is 7.26. The molecule has 0 amide bonds. The number of nitrogens with zero attached hydrogens (tertiary/aromatic N) is 1. The van der Waals surface area contributed by atoms with E-state index in [0.717, 1.165) is 0 Å². The molecule has 1 atom stereocenters. The van der Waals surface area contributed by atoms with Crippen LogP contribution in [0.5, 0.6) is 0 Å². The molecule has 0 rings (SSSR count). The highest BCUT2D eigenvalue weighted by molar-refractivity contribution is 5.06. The highest BCUT2D eigenvalue weighted by atomic mass is 16.3. The lowest BCUT2D eigenvalue weighted by molar-refractivity contribution is 0.192. The SMILES string of the molecule is C/C=C(/C)C(CO)N(C)C. The summed E-state index contributed by atoms with van der Waals surface area (Å²) in [6.07, 6.45) is 2.03. The predicted octanol–water partition coefficient (Wildman–Crippen LogP) is 0.875. The lowest BCUT2D eigenvalue weighted by Gasteiger charge is -2.22. The van der Waals surface area contributed by atoms with Crippen LogP contribution in [-0.2, 0) is 0 Å². The molecule has 60 valence electrons. The molecule has 0 spiro atoms. The summed E-state index contributed by atoms with van der Waals surface area (Å²) in [5, 5.41) is 8.92. The molecular formula is C8H17NO. The van der Waals surface area contributed by atoms with Gasteiger partial charge in [0.25, 0.3) is 0 Å². The molecule has 0 aliphatic rings. The molecule has 2 heteroatoms. The third-order valence-electron chi connectivity index (χ3n) is 1.78. The Hall–Kier alpha value is -0.340. The maximum Gasteiger partial charge on any atom is 0.0625 e. The minimum Gasteiger partial charge on any atom is -0.394 e. The van der Waals surface area contributed by atoms with Crippen molar-refractivity contribution in [1.29, 1.82) is 0 Å². The molecule has 2 nitrogen and oxygen atoms in total. The van der Waals surface area contributed by atoms with Gasteiger partial charge in [-0.2, -0.15) is 0 Å². The van der Waals surface area contributed by atoms with Gasteiger partial charge in [0.15, 0.2) is 0 Å². The summed E-state index contributed by atoms with van der Waals surface area (Å²) in [6, 6.07) is 0.185. The summed E-state index contributed by atoms with van der Waals surface area (Å²) in [4.78, 5) is 2.01. The zero-order chi connectivity index (χ0) is 8.15. The second kappa shape index (κ2) is 4.47. The first-order chi connectivity index (χ1) is 4.63. The van der Waals surface area contributed by atoms with E-state index in [2.05, 4.69) is 0 Å². The highest BCUT2D eigenvalue weighted by Crippen LogP contribution is 2.04. The van der Waals surface area contributed by atoms with Gasteiger partial charge in [0.1, 0.15) is 0 Å². The molecule has 1 N–H and O–H groups in total. The van der Waals surface area contributed by atoms with Gasteiger partial charge in [-0.15, -0.1) is 0 Å². The van der Waals surface area contributed by atoms with Gasteiger partial charge in [-0.05, 0) is 27.9 Å². The third kappa shape index (κ3) is 2.50. The molecule has 0 aromatic carbocycles. The van der Waals surface area contributed by atoms with E-state index in [9.17, 15) is 0 Å². The predicted molar refractivity (Wildman–Crippen MR) is 44.0 cm³/mol. The van der Waals surface area contributed by atoms with E-state index in [0.29, 0.717) is 0 Å². The normalized spacial score (nSPS) is 16.0. The molecule has 0 aliphatic carbocycles. The van der Waals surface area contributed by atoms with E-state index in [1.54, 1.807) is 0 Å². The minimum absolute atomic E-state index is 0.185. The van der Waals surface area contributed by atoms with Crippen LogP contribution in [0.25, 0.3) is 0 Å². The Morgan fingerprint density at radius 3 is 2.20 bits per heavy atom. The number of allylic oxidation sites excluding steroid dienone is 1. The van der Waals surface area contributed by atoms with Crippen molar-refractivity contribution in [3.63, 3.8) is 0 Å². The highest BCUT2D eigenvalue weighted by Gasteiger charge is 2.09. The molecule has 0 aromatic heterocycles. The van der Waals surface area contributed by atoms with Crippen molar-refractivity contribution in [2.24, 2.45) is 0 Å². The first-order valence-corrected chi connectivity index (χ1v) is 3.53. The Morgan fingerprint density at radius 2 is 2.10 bits per heavy atom. The van der Waals surface area contributed by atoms with E-state index in [4.69, 9.17) is 5.11 Å². The largest absolute Gasteiger partial charge is 0.394 e. The van der Waals surface area contributed by atoms with E-state index in [-0.39, 0.29) is 12.6 Å². The number of hydrogen-bond donors (Lipinski definition) is 1. The van der Waals surface area contributed by atoms with Crippen LogP contribution in [0.1, 0.15) is 13.8 Å². The van der Waals surface area contributed by atoms with Gasteiger partial charge < -0.3 is 10.0 Å². The van der Waals surface area contributed by atoms with Gasteiger partial charge in [0.05, 0.1) is 12.6 Å². The van der Waals surface area contributed by atoms with Crippen molar-refractivity contribution in [3.8, 4) is 0 Å². The fourth-order valence-corrected chi connectivity index (χ4v) is 0.907. The van der Waals surface area contributed by atoms with Crippen molar-refractivity contribution in [1.82, 2.24) is 4.90 Å². The van der Waals surface area contributed by atoms with Crippen molar-refractivity contribution in [3.05, 3.63) is 11.6 Å². The average Bonchev–Trinajstić information content (AvgIpc) is 1.88. The summed E-state index contributed by atoms with van der Waals surface area (Å²) < 4.78 is 0. The maximum atomic E-state index is 8.92. The van der Waals surface area contributed by atoms with Gasteiger partial charge in [0.2, 0.25) is 0 Å². The monoisotopic (exact) mass is 143 g/mol. The fourth-order valence-electron chi connectivity index (χ4n) is 0.907. The van der Waals surface area contributed by atoms with Gasteiger partial charge in [0, 0.05) is 0 Å². The van der Waals surface area contributed by atoms with E-state index < -0.39 is 0 Å². The van der Waals surface area contributed by atoms with Crippen molar-refractivity contribution >= 4 is 0 Å². The summed E-state index contributed by atoms with van der Waals surface area (Å²) in [5.41, 5.74) is 1.22. The molecular weight excluding hydrogens is 126 g/mol. The van der Waals surface area contributed by atoms with Crippen LogP contribution < -0.4 is 0 Å². The van der Waals surface area contributed by atoms with Crippen LogP contribution in [0.2, 0.25) is 0 Å². The van der Waals surface area contributed by atoms with Gasteiger partial charge in [-0.3, -0.25) is 0 Å². The average molecular weight is 143 g/mol. The van der Waals surface area contributed by atoms with Crippen LogP contribution in [0, 0.1) is 0 Å². The standard InChI is InChI=1S/C8H17NO/c1-5-7(2)8(6-10)9(3)4/h5,8,10H,6H2,1-4H3/b7-5-. The topological polar surface area (TPSA) is 23.5 Å². The van der Waals surface area contributed by atoms with Gasteiger partial charge in [-0.25, -0.2) is 0 Å². The summed E-state index contributed by atoms with van der Waals surface area (Å²) in [7, 11) is 3.93. The molecule has 0 heterocycles. The molecule has 0 bridgehead atoms. The molecule has 0 fully saturated rings. The van der Waals surface area contributed by atoms with Crippen molar-refractivity contribution in [2.75, 3.05) is 20.7 Å². The minimum atomic E-state index is 0.185. The molecule has 10 heavy (non-hydrogen) atoms. The molecule has 0 saturated heterocycles. The number of rotatable bonds is 3. The molecule has 1 unspecified atom stereocenters. The smallest absolute Gasteiger partial charge is 0.0625 e. The Morgan fingerprint density at radius 1 is 1.60 bits per heavy atom. The van der Waals surface area contributed by atoms with Gasteiger partial charge in [-0.1, -0.05) is 11.6 Å². The van der Waals surface area contributed by atoms with Gasteiger partial charge >= 0.3 is 0 Å². The summed E-state index contributed by atoms with van der Waals surface area (Å²) in [6.45, 7) is 4.21. The number of aliphatic hydroxyl groups excluding tert-OH is 1. The van der Waals surface area contributed by atoms with Crippen LogP contribution in [0.15, 0.2) is 11.6 Å². The Balaban J connectivity index is 4.07. The first-order valence-electron chi connectivity index (χ1n) is 3.53. The summed E-state index contributed by atoms with van der Waals surface area (Å²) in [5.74, 6) is 0. The molecule has 0 saturated carbocycles. The Labute approximate surface area is 63.2 Å². The molecule has 0 radical (unpaired) electrons. The Kier molecular flexibility index (Phi) is 4.32. The quantitative estimate of drug-likeness (QED) is 0.593. The van der Waals surface area contributed by atoms with E-state index >= 15 is 0 Å². The number of hydrogen-bond acceptors (Lipinski definition) is 2. The Bertz CT molecular complexity index is 118. The second-order valence-electron chi connectivity index (χ2n) is 2.69. The van der Waals surface area contributed by atoms with Crippen molar-refractivity contribution < 1.29 is 5.11 Å². The molecule has 0 aliphatic heterocycles. The van der Waals surface area contributed by atoms with E-state index in [1.807, 2.05) is 38.9 Å². The van der Waals surface area contributed by atoms with Crippen LogP contribution in [-0.4, -0.2) is 36.8 Å². The lowest BCUT2D eigenvalue weighted by atomic mass is 10.1.